The number of thioether (sulfide) groups is 2. The van der Waals surface area contributed by atoms with E-state index >= 15 is 0 Å². The molecule has 4 rings (SSSR count). The monoisotopic (exact) mass is 804 g/mol. The van der Waals surface area contributed by atoms with E-state index in [-0.39, 0.29) is 16.7 Å². The highest BCUT2D eigenvalue weighted by atomic mass is 79.9. The van der Waals surface area contributed by atoms with Gasteiger partial charge in [0.05, 0.1) is 29.3 Å². The fraction of sp³-hybridized carbons (Fsp3) is 0.378. The first kappa shape index (κ1) is 38.9. The highest BCUT2D eigenvalue weighted by Gasteiger charge is 2.42. The van der Waals surface area contributed by atoms with E-state index in [9.17, 15) is 19.5 Å². The number of benzene rings is 3. The van der Waals surface area contributed by atoms with E-state index < -0.39 is 21.4 Å². The van der Waals surface area contributed by atoms with Crippen molar-refractivity contribution in [3.05, 3.63) is 102 Å². The molecule has 0 spiro atoms. The van der Waals surface area contributed by atoms with Gasteiger partial charge in [0, 0.05) is 20.3 Å². The van der Waals surface area contributed by atoms with Crippen molar-refractivity contribution in [3.63, 3.8) is 0 Å². The Morgan fingerprint density at radius 2 is 1.49 bits per heavy atom. The molecule has 3 aromatic rings. The van der Waals surface area contributed by atoms with Crippen LogP contribution in [0.1, 0.15) is 72.6 Å². The van der Waals surface area contributed by atoms with Crippen LogP contribution in [-0.2, 0) is 24.9 Å². The van der Waals surface area contributed by atoms with Crippen LogP contribution in [-0.4, -0.2) is 45.7 Å². The van der Waals surface area contributed by atoms with Crippen molar-refractivity contribution < 1.29 is 29.0 Å². The van der Waals surface area contributed by atoms with E-state index in [1.54, 1.807) is 7.11 Å². The molecule has 1 unspecified atom stereocenters. The largest absolute Gasteiger partial charge is 0.510 e. The molecule has 6 nitrogen and oxygen atoms in total. The first-order valence-electron chi connectivity index (χ1n) is 14.9. The van der Waals surface area contributed by atoms with Crippen molar-refractivity contribution >= 4 is 77.8 Å². The zero-order valence-electron chi connectivity index (χ0n) is 28.5. The van der Waals surface area contributed by atoms with E-state index in [0.717, 1.165) is 48.1 Å². The third-order valence-electron chi connectivity index (χ3n) is 7.86. The lowest BCUT2D eigenvalue weighted by Crippen LogP contribution is -2.37. The minimum absolute atomic E-state index is 0.0647. The Labute approximate surface area is 303 Å². The van der Waals surface area contributed by atoms with Gasteiger partial charge in [0.1, 0.15) is 17.4 Å². The van der Waals surface area contributed by atoms with E-state index in [0.29, 0.717) is 16.9 Å². The topological polar surface area (TPSA) is 89.9 Å². The number of rotatable bonds is 9. The number of aliphatic hydroxyl groups excluding tert-OH is 1. The standard InChI is InChI=1S/C23H27BrO4S.C14H15BrO2S/c1-14-11-15(2)19(18(24)12-14)20(22(26)28-6)21(25)23(3,4)29-13-16-7-9-17(27-5)10-8-16;1-7-5-8(2)10(9(15)6-7)11-12(16)14(3,4)18-13(11)17/h7-12,20H,13H2,1-6H3;5-6,16H,1-4H3. The highest BCUT2D eigenvalue weighted by Crippen LogP contribution is 2.48. The predicted octanol–water partition coefficient (Wildman–Crippen LogP) is 10.00. The molecule has 0 bridgehead atoms. The van der Waals surface area contributed by atoms with Gasteiger partial charge in [-0.25, -0.2) is 0 Å². The van der Waals surface area contributed by atoms with Crippen LogP contribution in [0, 0.1) is 27.7 Å². The molecule has 0 aromatic heterocycles. The fourth-order valence-electron chi connectivity index (χ4n) is 5.35. The lowest BCUT2D eigenvalue weighted by Gasteiger charge is -2.28. The van der Waals surface area contributed by atoms with Gasteiger partial charge in [0.2, 0.25) is 5.12 Å². The van der Waals surface area contributed by atoms with Crippen LogP contribution in [0.25, 0.3) is 5.57 Å². The second-order valence-electron chi connectivity index (χ2n) is 12.5. The summed E-state index contributed by atoms with van der Waals surface area (Å²) in [5.41, 5.74) is 7.06. The Bertz CT molecular complexity index is 1660. The average molecular weight is 807 g/mol. The summed E-state index contributed by atoms with van der Waals surface area (Å²) < 4.78 is 10.5. The summed E-state index contributed by atoms with van der Waals surface area (Å²) in [5.74, 6) is -0.0839. The van der Waals surface area contributed by atoms with Gasteiger partial charge in [0.25, 0.3) is 0 Å². The first-order valence-corrected chi connectivity index (χ1v) is 18.3. The van der Waals surface area contributed by atoms with Gasteiger partial charge in [-0.1, -0.05) is 67.9 Å². The van der Waals surface area contributed by atoms with Gasteiger partial charge in [-0.15, -0.1) is 11.8 Å². The molecule has 1 atom stereocenters. The summed E-state index contributed by atoms with van der Waals surface area (Å²) in [7, 11) is 2.95. The predicted molar refractivity (Wildman–Crippen MR) is 202 cm³/mol. The fourth-order valence-corrected chi connectivity index (χ4v) is 9.07. The molecule has 0 radical (unpaired) electrons. The Morgan fingerprint density at radius 3 is 1.96 bits per heavy atom. The molecule has 252 valence electrons. The van der Waals surface area contributed by atoms with Crippen LogP contribution in [0.5, 0.6) is 5.75 Å². The van der Waals surface area contributed by atoms with Crippen molar-refractivity contribution in [2.45, 2.75) is 76.6 Å². The van der Waals surface area contributed by atoms with Gasteiger partial charge in [-0.3, -0.25) is 14.4 Å². The number of ketones is 1. The lowest BCUT2D eigenvalue weighted by molar-refractivity contribution is -0.146. The number of hydrogen-bond donors (Lipinski definition) is 1. The molecule has 0 aliphatic carbocycles. The number of ether oxygens (including phenoxy) is 2. The molecular weight excluding hydrogens is 764 g/mol. The number of esters is 1. The van der Waals surface area contributed by atoms with Crippen LogP contribution in [0.3, 0.4) is 0 Å². The number of hydrogen-bond acceptors (Lipinski definition) is 8. The van der Waals surface area contributed by atoms with Crippen molar-refractivity contribution in [2.24, 2.45) is 0 Å². The zero-order chi connectivity index (χ0) is 35.4. The van der Waals surface area contributed by atoms with E-state index in [1.807, 2.05) is 104 Å². The van der Waals surface area contributed by atoms with Gasteiger partial charge < -0.3 is 14.6 Å². The molecule has 10 heteroatoms. The zero-order valence-corrected chi connectivity index (χ0v) is 33.3. The van der Waals surface area contributed by atoms with Gasteiger partial charge in [-0.05, 0) is 113 Å². The van der Waals surface area contributed by atoms with Crippen molar-refractivity contribution in [1.82, 2.24) is 0 Å². The van der Waals surface area contributed by atoms with E-state index in [4.69, 9.17) is 9.47 Å². The van der Waals surface area contributed by atoms with Crippen molar-refractivity contribution in [1.29, 1.82) is 0 Å². The van der Waals surface area contributed by atoms with Crippen molar-refractivity contribution in [2.75, 3.05) is 14.2 Å². The number of Topliss-reactive ketones (excluding diaryl/α,β-unsaturated/α-hetero) is 1. The summed E-state index contributed by atoms with van der Waals surface area (Å²) >= 11 is 9.71. The smallest absolute Gasteiger partial charge is 0.320 e. The molecular formula is C37H42Br2O6S2. The Kier molecular flexibility index (Phi) is 13.1. The maximum Gasteiger partial charge on any atom is 0.320 e. The Hall–Kier alpha value is -2.53. The van der Waals surface area contributed by atoms with Gasteiger partial charge >= 0.3 is 5.97 Å². The highest BCUT2D eigenvalue weighted by molar-refractivity contribution is 9.10. The average Bonchev–Trinajstić information content (AvgIpc) is 3.18. The number of carbonyl (C=O) groups excluding carboxylic acids is 3. The number of methoxy groups -OCH3 is 2. The van der Waals surface area contributed by atoms with E-state index in [1.165, 1.54) is 30.6 Å². The quantitative estimate of drug-likeness (QED) is 0.169. The molecule has 0 amide bonds. The lowest BCUT2D eigenvalue weighted by atomic mass is 9.85. The van der Waals surface area contributed by atoms with Gasteiger partial charge in [0.15, 0.2) is 5.78 Å². The molecule has 1 heterocycles. The molecule has 0 saturated heterocycles. The molecule has 0 fully saturated rings. The van der Waals surface area contributed by atoms with Gasteiger partial charge in [-0.2, -0.15) is 0 Å². The Morgan fingerprint density at radius 1 is 0.936 bits per heavy atom. The minimum Gasteiger partial charge on any atom is -0.510 e. The number of halogens is 2. The Balaban J connectivity index is 0.000000284. The molecule has 47 heavy (non-hydrogen) atoms. The molecule has 1 aliphatic heterocycles. The molecule has 0 saturated carbocycles. The summed E-state index contributed by atoms with van der Waals surface area (Å²) in [4.78, 5) is 38.3. The van der Waals surface area contributed by atoms with Crippen LogP contribution in [0.2, 0.25) is 0 Å². The van der Waals surface area contributed by atoms with Crippen LogP contribution in [0.4, 0.5) is 0 Å². The second kappa shape index (κ2) is 15.8. The summed E-state index contributed by atoms with van der Waals surface area (Å²) in [5, 5.41) is 10.2. The second-order valence-corrected chi connectivity index (χ2v) is 17.4. The van der Waals surface area contributed by atoms with Crippen LogP contribution >= 0.6 is 55.4 Å². The molecule has 1 aliphatic rings. The maximum absolute atomic E-state index is 13.5. The third kappa shape index (κ3) is 9.13. The minimum atomic E-state index is -0.978. The normalized spacial score (nSPS) is 14.8. The summed E-state index contributed by atoms with van der Waals surface area (Å²) in [6.07, 6.45) is 0. The number of carbonyl (C=O) groups is 3. The van der Waals surface area contributed by atoms with Crippen LogP contribution in [0.15, 0.2) is 63.2 Å². The first-order chi connectivity index (χ1) is 21.8. The van der Waals surface area contributed by atoms with Crippen LogP contribution < -0.4 is 4.74 Å². The number of aliphatic hydroxyl groups is 1. The summed E-state index contributed by atoms with van der Waals surface area (Å²) in [6.45, 7) is 15.3. The van der Waals surface area contributed by atoms with Crippen molar-refractivity contribution in [3.8, 4) is 5.75 Å². The molecule has 3 aromatic carbocycles. The summed E-state index contributed by atoms with van der Waals surface area (Å²) in [6, 6.07) is 15.6. The SMILES string of the molecule is COC(=O)C(C(=O)C(C)(C)SCc1ccc(OC)cc1)c1c(C)cc(C)cc1Br.Cc1cc(C)c(C2=C(O)C(C)(C)SC2=O)c(Br)c1. The van der Waals surface area contributed by atoms with E-state index in [2.05, 4.69) is 31.9 Å². The maximum atomic E-state index is 13.5. The molecule has 1 N–H and O–H groups in total. The third-order valence-corrected chi connectivity index (χ3v) is 11.6. The number of aryl methyl sites for hydroxylation is 4.